The summed E-state index contributed by atoms with van der Waals surface area (Å²) in [5.41, 5.74) is 3.20. The second-order valence-corrected chi connectivity index (χ2v) is 6.23. The maximum absolute atomic E-state index is 6.07. The Labute approximate surface area is 159 Å². The summed E-state index contributed by atoms with van der Waals surface area (Å²) in [6.45, 7) is 4.08. The summed E-state index contributed by atoms with van der Waals surface area (Å²) in [7, 11) is 0. The van der Waals surface area contributed by atoms with Gasteiger partial charge in [0.25, 0.3) is 0 Å². The first kappa shape index (κ1) is 18.4. The summed E-state index contributed by atoms with van der Waals surface area (Å²) in [5, 5.41) is 7.47. The number of rotatable bonds is 4. The first-order valence-corrected chi connectivity index (χ1v) is 8.60. The van der Waals surface area contributed by atoms with Crippen LogP contribution in [-0.2, 0) is 0 Å². The molecule has 0 atom stereocenters. The molecule has 26 heavy (non-hydrogen) atoms. The number of pyridine rings is 1. The fraction of sp³-hybridized carbons (Fsp3) is 0.316. The van der Waals surface area contributed by atoms with Crippen LogP contribution >= 0.6 is 12.4 Å². The molecule has 3 heterocycles. The lowest BCUT2D eigenvalue weighted by Gasteiger charge is -2.23. The van der Waals surface area contributed by atoms with Crippen molar-refractivity contribution >= 4 is 12.4 Å². The topological polar surface area (TPSA) is 64.9 Å². The van der Waals surface area contributed by atoms with Gasteiger partial charge in [-0.15, -0.1) is 12.4 Å². The Balaban J connectivity index is 0.00000196. The van der Waals surface area contributed by atoms with E-state index in [1.807, 2.05) is 25.1 Å². The quantitative estimate of drug-likeness (QED) is 0.763. The van der Waals surface area contributed by atoms with Gasteiger partial charge >= 0.3 is 0 Å². The molecule has 1 saturated heterocycles. The molecule has 1 aromatic carbocycles. The first-order valence-electron chi connectivity index (χ1n) is 8.60. The van der Waals surface area contributed by atoms with Gasteiger partial charge < -0.3 is 10.1 Å². The predicted molar refractivity (Wildman–Crippen MR) is 103 cm³/mol. The third-order valence-corrected chi connectivity index (χ3v) is 4.48. The van der Waals surface area contributed by atoms with Crippen LogP contribution in [0.2, 0.25) is 0 Å². The van der Waals surface area contributed by atoms with E-state index in [1.54, 1.807) is 11.0 Å². The second kappa shape index (κ2) is 8.29. The normalized spacial score (nSPS) is 14.7. The summed E-state index contributed by atoms with van der Waals surface area (Å²) in [6, 6.07) is 12.3. The first-order chi connectivity index (χ1) is 12.3. The van der Waals surface area contributed by atoms with Crippen molar-refractivity contribution in [3.63, 3.8) is 0 Å². The molecule has 2 aromatic heterocycles. The molecule has 6 nitrogen and oxygen atoms in total. The van der Waals surface area contributed by atoms with Crippen LogP contribution in [0.15, 0.2) is 49.1 Å². The van der Waals surface area contributed by atoms with E-state index in [2.05, 4.69) is 38.6 Å². The smallest absolute Gasteiger partial charge is 0.155 e. The molecule has 1 fully saturated rings. The van der Waals surface area contributed by atoms with Crippen molar-refractivity contribution in [1.29, 1.82) is 0 Å². The molecule has 136 valence electrons. The van der Waals surface area contributed by atoms with Gasteiger partial charge in [0.1, 0.15) is 24.5 Å². The van der Waals surface area contributed by atoms with Crippen molar-refractivity contribution in [3.8, 4) is 22.7 Å². The molecule has 0 aliphatic carbocycles. The van der Waals surface area contributed by atoms with Crippen molar-refractivity contribution in [2.75, 3.05) is 13.1 Å². The van der Waals surface area contributed by atoms with Crippen molar-refractivity contribution in [1.82, 2.24) is 25.1 Å². The molecular weight excluding hydrogens is 350 g/mol. The number of hydrogen-bond donors (Lipinski definition) is 1. The minimum Gasteiger partial charge on any atom is -0.490 e. The van der Waals surface area contributed by atoms with Crippen molar-refractivity contribution in [3.05, 3.63) is 54.7 Å². The molecule has 0 radical (unpaired) electrons. The average molecular weight is 372 g/mol. The molecule has 1 aliphatic heterocycles. The van der Waals surface area contributed by atoms with Gasteiger partial charge in [-0.1, -0.05) is 12.1 Å². The Kier molecular flexibility index (Phi) is 5.85. The Morgan fingerprint density at radius 1 is 1.08 bits per heavy atom. The zero-order valence-electron chi connectivity index (χ0n) is 14.6. The average Bonchev–Trinajstić information content (AvgIpc) is 3.18. The number of aryl methyl sites for hydroxylation is 1. The lowest BCUT2D eigenvalue weighted by Crippen LogP contribution is -2.34. The maximum atomic E-state index is 6.07. The van der Waals surface area contributed by atoms with E-state index in [-0.39, 0.29) is 12.4 Å². The van der Waals surface area contributed by atoms with Gasteiger partial charge in [0.2, 0.25) is 0 Å². The monoisotopic (exact) mass is 371 g/mol. The van der Waals surface area contributed by atoms with Gasteiger partial charge in [0.15, 0.2) is 5.82 Å². The van der Waals surface area contributed by atoms with Crippen LogP contribution in [0.1, 0.15) is 18.5 Å². The Bertz CT molecular complexity index is 830. The van der Waals surface area contributed by atoms with Gasteiger partial charge in [-0.25, -0.2) is 14.6 Å². The Hall–Kier alpha value is -2.44. The van der Waals surface area contributed by atoms with Crippen LogP contribution in [0.4, 0.5) is 0 Å². The molecular formula is C19H22ClN5O. The maximum Gasteiger partial charge on any atom is 0.155 e. The number of ether oxygens (including phenoxy) is 1. The highest BCUT2D eigenvalue weighted by Crippen LogP contribution is 2.26. The molecule has 3 aromatic rings. The summed E-state index contributed by atoms with van der Waals surface area (Å²) < 4.78 is 7.73. The van der Waals surface area contributed by atoms with Gasteiger partial charge in [-0.2, -0.15) is 5.10 Å². The van der Waals surface area contributed by atoms with Gasteiger partial charge in [0.05, 0.1) is 0 Å². The number of hydrogen-bond acceptors (Lipinski definition) is 5. The number of halogens is 1. The van der Waals surface area contributed by atoms with Crippen LogP contribution in [0.5, 0.6) is 5.75 Å². The SMILES string of the molecule is Cc1nc(-n2cncn2)ccc1-c1ccc(OC2CCNCC2)cc1.Cl. The molecule has 7 heteroatoms. The highest BCUT2D eigenvalue weighted by molar-refractivity contribution is 5.85. The number of piperidine rings is 1. The third-order valence-electron chi connectivity index (χ3n) is 4.48. The van der Waals surface area contributed by atoms with Crippen molar-refractivity contribution in [2.24, 2.45) is 0 Å². The molecule has 1 aliphatic rings. The lowest BCUT2D eigenvalue weighted by atomic mass is 10.0. The molecule has 0 bridgehead atoms. The molecule has 4 rings (SSSR count). The third kappa shape index (κ3) is 4.03. The number of aromatic nitrogens is 4. The lowest BCUT2D eigenvalue weighted by molar-refractivity contribution is 0.162. The van der Waals surface area contributed by atoms with Crippen LogP contribution in [0.3, 0.4) is 0 Å². The summed E-state index contributed by atoms with van der Waals surface area (Å²) in [4.78, 5) is 8.59. The van der Waals surface area contributed by atoms with Gasteiger partial charge in [-0.3, -0.25) is 0 Å². The van der Waals surface area contributed by atoms with Gasteiger partial charge in [-0.05, 0) is 62.7 Å². The minimum absolute atomic E-state index is 0. The highest BCUT2D eigenvalue weighted by atomic mass is 35.5. The van der Waals surface area contributed by atoms with Crippen LogP contribution < -0.4 is 10.1 Å². The van der Waals surface area contributed by atoms with E-state index in [1.165, 1.54) is 6.33 Å². The largest absolute Gasteiger partial charge is 0.490 e. The number of nitrogens with zero attached hydrogens (tertiary/aromatic N) is 4. The van der Waals surface area contributed by atoms with Crippen molar-refractivity contribution in [2.45, 2.75) is 25.9 Å². The Morgan fingerprint density at radius 3 is 2.50 bits per heavy atom. The molecule has 0 amide bonds. The Morgan fingerprint density at radius 2 is 1.85 bits per heavy atom. The standard InChI is InChI=1S/C19H21N5O.ClH/c1-14-18(6-7-19(23-14)24-13-21-12-22-24)15-2-4-16(5-3-15)25-17-8-10-20-11-9-17;/h2-7,12-13,17,20H,8-11H2,1H3;1H. The van der Waals surface area contributed by atoms with Crippen LogP contribution in [0.25, 0.3) is 16.9 Å². The minimum atomic E-state index is 0. The molecule has 0 unspecified atom stereocenters. The summed E-state index contributed by atoms with van der Waals surface area (Å²) in [5.74, 6) is 1.70. The zero-order valence-corrected chi connectivity index (χ0v) is 15.4. The zero-order chi connectivity index (χ0) is 17.1. The van der Waals surface area contributed by atoms with Crippen molar-refractivity contribution < 1.29 is 4.74 Å². The van der Waals surface area contributed by atoms with E-state index < -0.39 is 0 Å². The van der Waals surface area contributed by atoms with Crippen LogP contribution in [0, 0.1) is 6.92 Å². The van der Waals surface area contributed by atoms with Crippen LogP contribution in [-0.4, -0.2) is 38.9 Å². The molecule has 1 N–H and O–H groups in total. The molecule has 0 saturated carbocycles. The van der Waals surface area contributed by atoms with E-state index >= 15 is 0 Å². The fourth-order valence-electron chi connectivity index (χ4n) is 3.13. The fourth-order valence-corrected chi connectivity index (χ4v) is 3.13. The number of benzene rings is 1. The predicted octanol–water partition coefficient (Wildman–Crippen LogP) is 3.19. The van der Waals surface area contributed by atoms with E-state index in [4.69, 9.17) is 4.74 Å². The molecule has 0 spiro atoms. The number of nitrogens with one attached hydrogen (secondary N) is 1. The summed E-state index contributed by atoms with van der Waals surface area (Å²) >= 11 is 0. The highest BCUT2D eigenvalue weighted by Gasteiger charge is 2.14. The van der Waals surface area contributed by atoms with E-state index in [0.29, 0.717) is 6.10 Å². The second-order valence-electron chi connectivity index (χ2n) is 6.23. The summed E-state index contributed by atoms with van der Waals surface area (Å²) in [6.07, 6.45) is 5.60. The van der Waals surface area contributed by atoms with E-state index in [9.17, 15) is 0 Å². The van der Waals surface area contributed by atoms with E-state index in [0.717, 1.165) is 54.3 Å². The van der Waals surface area contributed by atoms with Gasteiger partial charge in [0, 0.05) is 11.3 Å².